The minimum absolute atomic E-state index is 0.480. The topological polar surface area (TPSA) is 54.2 Å². The monoisotopic (exact) mass is 292 g/mol. The van der Waals surface area contributed by atoms with Crippen LogP contribution in [0.5, 0.6) is 0 Å². The van der Waals surface area contributed by atoms with E-state index in [2.05, 4.69) is 27.3 Å². The molecule has 5 nitrogen and oxygen atoms in total. The molecule has 2 aromatic rings. The van der Waals surface area contributed by atoms with Crippen LogP contribution >= 0.6 is 11.6 Å². The summed E-state index contributed by atoms with van der Waals surface area (Å²) in [6.07, 6.45) is 0. The van der Waals surface area contributed by atoms with Crippen molar-refractivity contribution >= 4 is 11.6 Å². The molecule has 1 aromatic carbocycles. The first-order valence-corrected chi connectivity index (χ1v) is 7.13. The van der Waals surface area contributed by atoms with Gasteiger partial charge < -0.3 is 9.73 Å². The molecule has 3 rings (SSSR count). The van der Waals surface area contributed by atoms with Crippen molar-refractivity contribution in [3.63, 3.8) is 0 Å². The van der Waals surface area contributed by atoms with Gasteiger partial charge in [0.2, 0.25) is 11.8 Å². The van der Waals surface area contributed by atoms with Gasteiger partial charge in [0.15, 0.2) is 0 Å². The molecule has 1 saturated heterocycles. The van der Waals surface area contributed by atoms with Crippen molar-refractivity contribution in [1.82, 2.24) is 20.4 Å². The smallest absolute Gasteiger partial charge is 0.249 e. The third kappa shape index (κ3) is 3.00. The zero-order chi connectivity index (χ0) is 13.9. The minimum atomic E-state index is 0.480. The van der Waals surface area contributed by atoms with Gasteiger partial charge in [-0.25, -0.2) is 0 Å². The number of hydrogen-bond donors (Lipinski definition) is 1. The van der Waals surface area contributed by atoms with E-state index in [0.717, 1.165) is 25.2 Å². The Morgan fingerprint density at radius 2 is 2.25 bits per heavy atom. The Morgan fingerprint density at radius 1 is 1.40 bits per heavy atom. The zero-order valence-corrected chi connectivity index (χ0v) is 12.1. The fourth-order valence-corrected chi connectivity index (χ4v) is 2.62. The van der Waals surface area contributed by atoms with E-state index in [9.17, 15) is 0 Å². The summed E-state index contributed by atoms with van der Waals surface area (Å²) in [4.78, 5) is 2.31. The van der Waals surface area contributed by atoms with E-state index in [1.165, 1.54) is 0 Å². The summed E-state index contributed by atoms with van der Waals surface area (Å²) >= 11 is 6.13. The van der Waals surface area contributed by atoms with Crippen LogP contribution < -0.4 is 5.32 Å². The predicted molar refractivity (Wildman–Crippen MR) is 77.5 cm³/mol. The normalized spacial score (nSPS) is 20.2. The molecule has 20 heavy (non-hydrogen) atoms. The van der Waals surface area contributed by atoms with Gasteiger partial charge in [-0.15, -0.1) is 10.2 Å². The standard InChI is InChI=1S/C14H17ClN4O/c1-10-8-19(7-6-16-10)9-13-17-18-14(20-13)11-4-2-3-5-12(11)15/h2-5,10,16H,6-9H2,1H3/t10-/m0/s1. The molecule has 1 fully saturated rings. The SMILES string of the molecule is C[C@H]1CN(Cc2nnc(-c3ccccc3Cl)o2)CCN1. The van der Waals surface area contributed by atoms with Crippen LogP contribution in [0.2, 0.25) is 5.02 Å². The summed E-state index contributed by atoms with van der Waals surface area (Å²) in [5.41, 5.74) is 0.779. The molecule has 0 unspecified atom stereocenters. The second-order valence-corrected chi connectivity index (χ2v) is 5.48. The van der Waals surface area contributed by atoms with E-state index in [1.54, 1.807) is 0 Å². The highest BCUT2D eigenvalue weighted by Crippen LogP contribution is 2.26. The second-order valence-electron chi connectivity index (χ2n) is 5.07. The van der Waals surface area contributed by atoms with E-state index < -0.39 is 0 Å². The lowest BCUT2D eigenvalue weighted by molar-refractivity contribution is 0.184. The first-order chi connectivity index (χ1) is 9.72. The lowest BCUT2D eigenvalue weighted by atomic mass is 10.2. The highest BCUT2D eigenvalue weighted by atomic mass is 35.5. The molecule has 106 valence electrons. The first-order valence-electron chi connectivity index (χ1n) is 6.75. The van der Waals surface area contributed by atoms with Gasteiger partial charge >= 0.3 is 0 Å². The Labute approximate surface area is 122 Å². The van der Waals surface area contributed by atoms with Crippen LogP contribution in [0, 0.1) is 0 Å². The van der Waals surface area contributed by atoms with Crippen LogP contribution in [0.1, 0.15) is 12.8 Å². The number of rotatable bonds is 3. The highest BCUT2D eigenvalue weighted by Gasteiger charge is 2.18. The van der Waals surface area contributed by atoms with Gasteiger partial charge in [-0.3, -0.25) is 4.90 Å². The molecule has 0 aliphatic carbocycles. The average molecular weight is 293 g/mol. The van der Waals surface area contributed by atoms with Crippen molar-refractivity contribution in [3.05, 3.63) is 35.2 Å². The zero-order valence-electron chi connectivity index (χ0n) is 11.3. The largest absolute Gasteiger partial charge is 0.419 e. The van der Waals surface area contributed by atoms with E-state index >= 15 is 0 Å². The lowest BCUT2D eigenvalue weighted by Crippen LogP contribution is -2.48. The summed E-state index contributed by atoms with van der Waals surface area (Å²) < 4.78 is 5.72. The van der Waals surface area contributed by atoms with E-state index in [-0.39, 0.29) is 0 Å². The summed E-state index contributed by atoms with van der Waals surface area (Å²) in [5.74, 6) is 1.11. The maximum Gasteiger partial charge on any atom is 0.249 e. The molecule has 1 aliphatic rings. The Balaban J connectivity index is 1.72. The number of hydrogen-bond acceptors (Lipinski definition) is 5. The molecule has 1 aromatic heterocycles. The molecule has 0 bridgehead atoms. The van der Waals surface area contributed by atoms with Crippen LogP contribution in [0.15, 0.2) is 28.7 Å². The second kappa shape index (κ2) is 5.91. The lowest BCUT2D eigenvalue weighted by Gasteiger charge is -2.30. The van der Waals surface area contributed by atoms with Crippen LogP contribution in [0.3, 0.4) is 0 Å². The van der Waals surface area contributed by atoms with Crippen molar-refractivity contribution in [2.75, 3.05) is 19.6 Å². The Morgan fingerprint density at radius 3 is 3.05 bits per heavy atom. The van der Waals surface area contributed by atoms with Gasteiger partial charge in [0, 0.05) is 25.7 Å². The van der Waals surface area contributed by atoms with Crippen LogP contribution in [0.25, 0.3) is 11.5 Å². The highest BCUT2D eigenvalue weighted by molar-refractivity contribution is 6.33. The van der Waals surface area contributed by atoms with Crippen molar-refractivity contribution in [2.24, 2.45) is 0 Å². The van der Waals surface area contributed by atoms with Crippen LogP contribution in [-0.4, -0.2) is 40.8 Å². The number of aromatic nitrogens is 2. The Bertz CT molecular complexity index is 586. The predicted octanol–water partition coefficient (Wildman–Crippen LogP) is 2.18. The Kier molecular flexibility index (Phi) is 4.00. The van der Waals surface area contributed by atoms with Gasteiger partial charge in [-0.05, 0) is 19.1 Å². The molecule has 0 amide bonds. The van der Waals surface area contributed by atoms with Crippen LogP contribution in [0.4, 0.5) is 0 Å². The fraction of sp³-hybridized carbons (Fsp3) is 0.429. The van der Waals surface area contributed by atoms with Crippen LogP contribution in [-0.2, 0) is 6.54 Å². The average Bonchev–Trinajstić information content (AvgIpc) is 2.87. The summed E-state index contributed by atoms with van der Waals surface area (Å²) in [5, 5.41) is 12.2. The molecule has 1 N–H and O–H groups in total. The Hall–Kier alpha value is -1.43. The number of nitrogens with one attached hydrogen (secondary N) is 1. The van der Waals surface area contributed by atoms with Gasteiger partial charge in [0.25, 0.3) is 0 Å². The van der Waals surface area contributed by atoms with Crippen molar-refractivity contribution in [2.45, 2.75) is 19.5 Å². The summed E-state index contributed by atoms with van der Waals surface area (Å²) in [7, 11) is 0. The fourth-order valence-electron chi connectivity index (χ4n) is 2.41. The number of halogens is 1. The number of nitrogens with zero attached hydrogens (tertiary/aromatic N) is 3. The van der Waals surface area contributed by atoms with E-state index in [4.69, 9.17) is 16.0 Å². The first kappa shape index (κ1) is 13.5. The molecule has 6 heteroatoms. The minimum Gasteiger partial charge on any atom is -0.419 e. The quantitative estimate of drug-likeness (QED) is 0.940. The maximum absolute atomic E-state index is 6.13. The van der Waals surface area contributed by atoms with Crippen molar-refractivity contribution in [3.8, 4) is 11.5 Å². The van der Waals surface area contributed by atoms with Crippen molar-refractivity contribution < 1.29 is 4.42 Å². The molecular weight excluding hydrogens is 276 g/mol. The molecule has 0 radical (unpaired) electrons. The third-order valence-electron chi connectivity index (χ3n) is 3.38. The molecule has 0 spiro atoms. The number of piperazine rings is 1. The van der Waals surface area contributed by atoms with Gasteiger partial charge in [0.05, 0.1) is 17.1 Å². The van der Waals surface area contributed by atoms with E-state index in [1.807, 2.05) is 24.3 Å². The molecule has 1 atom stereocenters. The molecular formula is C14H17ClN4O. The molecule has 1 aliphatic heterocycles. The number of benzene rings is 1. The summed E-state index contributed by atoms with van der Waals surface area (Å²) in [6, 6.07) is 7.98. The van der Waals surface area contributed by atoms with Gasteiger partial charge in [-0.1, -0.05) is 23.7 Å². The van der Waals surface area contributed by atoms with Gasteiger partial charge in [0.1, 0.15) is 0 Å². The maximum atomic E-state index is 6.13. The van der Waals surface area contributed by atoms with E-state index in [0.29, 0.717) is 29.4 Å². The van der Waals surface area contributed by atoms with Gasteiger partial charge in [-0.2, -0.15) is 0 Å². The molecule has 0 saturated carbocycles. The third-order valence-corrected chi connectivity index (χ3v) is 3.71. The van der Waals surface area contributed by atoms with Crippen molar-refractivity contribution in [1.29, 1.82) is 0 Å². The summed E-state index contributed by atoms with van der Waals surface area (Å²) in [6.45, 7) is 5.84. The molecule has 2 heterocycles.